The van der Waals surface area contributed by atoms with Gasteiger partial charge in [0.25, 0.3) is 17.4 Å². The monoisotopic (exact) mass is 275 g/mol. The molecule has 1 saturated heterocycles. The standard InChI is InChI=1S/C11H9N5O4/c1-5-7(14-4-12-2)10(19)16(9(5)18)6-3-13-11(20)15-8(6)17/h3-4H,1H2,2H3,(H2,13,15,17,20). The average Bonchev–Trinajstić information content (AvgIpc) is 2.60. The molecule has 0 bridgehead atoms. The smallest absolute Gasteiger partial charge is 0.312 e. The summed E-state index contributed by atoms with van der Waals surface area (Å²) in [5.74, 6) is -1.59. The van der Waals surface area contributed by atoms with Crippen molar-refractivity contribution in [3.05, 3.63) is 39.2 Å². The van der Waals surface area contributed by atoms with E-state index >= 15 is 0 Å². The molecule has 1 aliphatic heterocycles. The summed E-state index contributed by atoms with van der Waals surface area (Å²) < 4.78 is 0. The molecule has 1 aromatic rings. The zero-order valence-corrected chi connectivity index (χ0v) is 10.3. The molecule has 1 aromatic heterocycles. The average molecular weight is 275 g/mol. The first-order valence-corrected chi connectivity index (χ1v) is 5.36. The molecule has 1 aliphatic rings. The van der Waals surface area contributed by atoms with Crippen molar-refractivity contribution in [2.45, 2.75) is 0 Å². The number of H-pyrrole nitrogens is 2. The Balaban J connectivity index is 2.56. The normalized spacial score (nSPS) is 17.8. The van der Waals surface area contributed by atoms with Crippen LogP contribution in [0.15, 0.2) is 37.9 Å². The van der Waals surface area contributed by atoms with Gasteiger partial charge in [-0.3, -0.25) is 24.4 Å². The Hall–Kier alpha value is -3.10. The number of carbonyl (C=O) groups excluding carboxylic acids is 2. The maximum atomic E-state index is 12.1. The molecule has 0 spiro atoms. The van der Waals surface area contributed by atoms with Gasteiger partial charge in [0, 0.05) is 13.2 Å². The van der Waals surface area contributed by atoms with Crippen LogP contribution in [0.4, 0.5) is 5.69 Å². The summed E-state index contributed by atoms with van der Waals surface area (Å²) in [6, 6.07) is 0. The van der Waals surface area contributed by atoms with Gasteiger partial charge in [-0.05, 0) is 0 Å². The number of aliphatic imine (C=N–C) groups is 2. The number of nitrogens with one attached hydrogen (secondary N) is 2. The van der Waals surface area contributed by atoms with Gasteiger partial charge in [-0.1, -0.05) is 6.58 Å². The van der Waals surface area contributed by atoms with E-state index in [1.54, 1.807) is 0 Å². The zero-order valence-electron chi connectivity index (χ0n) is 10.3. The van der Waals surface area contributed by atoms with Gasteiger partial charge < -0.3 is 4.98 Å². The summed E-state index contributed by atoms with van der Waals surface area (Å²) in [4.78, 5) is 58.6. The molecule has 0 aliphatic carbocycles. The van der Waals surface area contributed by atoms with E-state index in [9.17, 15) is 19.2 Å². The van der Waals surface area contributed by atoms with Gasteiger partial charge in [0.2, 0.25) is 0 Å². The molecular weight excluding hydrogens is 266 g/mol. The van der Waals surface area contributed by atoms with E-state index in [-0.39, 0.29) is 17.0 Å². The van der Waals surface area contributed by atoms with Crippen molar-refractivity contribution < 1.29 is 9.59 Å². The van der Waals surface area contributed by atoms with Crippen LogP contribution in [-0.2, 0) is 9.59 Å². The Labute approximate surface area is 111 Å². The SMILES string of the molecule is C=C1C(=O)N(c2c[nH]c(=O)[nH]c2=O)C(=O)C1=NC=NC. The van der Waals surface area contributed by atoms with Crippen LogP contribution in [-0.4, -0.2) is 40.9 Å². The molecule has 2 rings (SSSR count). The van der Waals surface area contributed by atoms with Crippen LogP contribution >= 0.6 is 0 Å². The highest BCUT2D eigenvalue weighted by Crippen LogP contribution is 2.19. The minimum atomic E-state index is -0.867. The van der Waals surface area contributed by atoms with Gasteiger partial charge in [-0.15, -0.1) is 0 Å². The molecule has 0 aromatic carbocycles. The zero-order chi connectivity index (χ0) is 14.9. The summed E-state index contributed by atoms with van der Waals surface area (Å²) >= 11 is 0. The summed E-state index contributed by atoms with van der Waals surface area (Å²) in [5.41, 5.74) is -2.27. The lowest BCUT2D eigenvalue weighted by Gasteiger charge is -2.10. The lowest BCUT2D eigenvalue weighted by Crippen LogP contribution is -2.37. The molecule has 2 N–H and O–H groups in total. The van der Waals surface area contributed by atoms with Gasteiger partial charge >= 0.3 is 5.69 Å². The van der Waals surface area contributed by atoms with Gasteiger partial charge in [-0.2, -0.15) is 0 Å². The molecule has 0 saturated carbocycles. The van der Waals surface area contributed by atoms with E-state index in [4.69, 9.17) is 0 Å². The number of carbonyl (C=O) groups is 2. The number of hydrogen-bond acceptors (Lipinski definition) is 5. The number of amides is 2. The number of aromatic amines is 2. The molecule has 20 heavy (non-hydrogen) atoms. The molecule has 102 valence electrons. The number of imide groups is 1. The van der Waals surface area contributed by atoms with E-state index in [1.165, 1.54) is 7.05 Å². The van der Waals surface area contributed by atoms with Crippen LogP contribution in [0.1, 0.15) is 0 Å². The van der Waals surface area contributed by atoms with Crippen molar-refractivity contribution in [3.8, 4) is 0 Å². The highest BCUT2D eigenvalue weighted by molar-refractivity contribution is 6.65. The lowest BCUT2D eigenvalue weighted by molar-refractivity contribution is -0.119. The van der Waals surface area contributed by atoms with Crippen LogP contribution in [0.2, 0.25) is 0 Å². The predicted octanol–water partition coefficient (Wildman–Crippen LogP) is -1.41. The molecule has 0 unspecified atom stereocenters. The minimum Gasteiger partial charge on any atom is -0.312 e. The topological polar surface area (TPSA) is 128 Å². The highest BCUT2D eigenvalue weighted by Gasteiger charge is 2.41. The van der Waals surface area contributed by atoms with E-state index in [0.29, 0.717) is 4.90 Å². The summed E-state index contributed by atoms with van der Waals surface area (Å²) in [6.07, 6.45) is 2.06. The highest BCUT2D eigenvalue weighted by atomic mass is 16.2. The molecule has 2 heterocycles. The number of aromatic nitrogens is 2. The van der Waals surface area contributed by atoms with Crippen molar-refractivity contribution in [1.29, 1.82) is 0 Å². The molecule has 1 fully saturated rings. The van der Waals surface area contributed by atoms with Crippen molar-refractivity contribution in [2.24, 2.45) is 9.98 Å². The number of anilines is 1. The van der Waals surface area contributed by atoms with Crippen molar-refractivity contribution in [3.63, 3.8) is 0 Å². The molecule has 0 atom stereocenters. The van der Waals surface area contributed by atoms with E-state index in [2.05, 4.69) is 21.5 Å². The van der Waals surface area contributed by atoms with Crippen LogP contribution in [0.25, 0.3) is 0 Å². The number of rotatable bonds is 2. The van der Waals surface area contributed by atoms with Crippen molar-refractivity contribution in [1.82, 2.24) is 9.97 Å². The van der Waals surface area contributed by atoms with Crippen LogP contribution < -0.4 is 16.1 Å². The van der Waals surface area contributed by atoms with E-state index < -0.39 is 23.1 Å². The van der Waals surface area contributed by atoms with Crippen LogP contribution in [0.3, 0.4) is 0 Å². The second-order valence-corrected chi connectivity index (χ2v) is 3.73. The summed E-state index contributed by atoms with van der Waals surface area (Å²) in [6.45, 7) is 3.45. The number of hydrogen-bond donors (Lipinski definition) is 2. The van der Waals surface area contributed by atoms with Gasteiger partial charge in [0.15, 0.2) is 0 Å². The Morgan fingerprint density at radius 1 is 1.25 bits per heavy atom. The van der Waals surface area contributed by atoms with Crippen LogP contribution in [0.5, 0.6) is 0 Å². The molecule has 9 heteroatoms. The predicted molar refractivity (Wildman–Crippen MR) is 71.2 cm³/mol. The third-order valence-corrected chi connectivity index (χ3v) is 2.50. The first-order valence-electron chi connectivity index (χ1n) is 5.36. The van der Waals surface area contributed by atoms with Crippen LogP contribution in [0, 0.1) is 0 Å². The molecule has 2 amide bonds. The largest absolute Gasteiger partial charge is 0.325 e. The fraction of sp³-hybridized carbons (Fsp3) is 0.0909. The fourth-order valence-corrected chi connectivity index (χ4v) is 1.60. The van der Waals surface area contributed by atoms with Crippen molar-refractivity contribution in [2.75, 3.05) is 11.9 Å². The molecular formula is C11H9N5O4. The van der Waals surface area contributed by atoms with E-state index in [1.807, 2.05) is 4.98 Å². The first-order chi connectivity index (χ1) is 9.47. The third-order valence-electron chi connectivity index (χ3n) is 2.50. The number of nitrogens with zero attached hydrogens (tertiary/aromatic N) is 3. The summed E-state index contributed by atoms with van der Waals surface area (Å²) in [7, 11) is 1.44. The van der Waals surface area contributed by atoms with Gasteiger partial charge in [0.1, 0.15) is 17.7 Å². The second kappa shape index (κ2) is 4.88. The van der Waals surface area contributed by atoms with Crippen molar-refractivity contribution >= 4 is 29.6 Å². The fourth-order valence-electron chi connectivity index (χ4n) is 1.60. The Morgan fingerprint density at radius 2 is 1.95 bits per heavy atom. The first kappa shape index (κ1) is 13.3. The Bertz CT molecular complexity index is 782. The Morgan fingerprint density at radius 3 is 2.55 bits per heavy atom. The quantitative estimate of drug-likeness (QED) is 0.297. The second-order valence-electron chi connectivity index (χ2n) is 3.73. The lowest BCUT2D eigenvalue weighted by atomic mass is 10.2. The third kappa shape index (κ3) is 2.00. The maximum absolute atomic E-state index is 12.1. The molecule has 9 nitrogen and oxygen atoms in total. The van der Waals surface area contributed by atoms with Gasteiger partial charge in [0.05, 0.1) is 5.57 Å². The Kier molecular flexibility index (Phi) is 3.25. The maximum Gasteiger partial charge on any atom is 0.325 e. The molecule has 0 radical (unpaired) electrons. The van der Waals surface area contributed by atoms with Gasteiger partial charge in [-0.25, -0.2) is 14.7 Å². The summed E-state index contributed by atoms with van der Waals surface area (Å²) in [5, 5.41) is 0. The minimum absolute atomic E-state index is 0.152. The van der Waals surface area contributed by atoms with E-state index in [0.717, 1.165) is 12.5 Å².